The molecule has 0 unspecified atom stereocenters. The Kier molecular flexibility index (Phi) is 2.53. The van der Waals surface area contributed by atoms with Crippen LogP contribution in [0.2, 0.25) is 0 Å². The number of rotatable bonds is 0. The van der Waals surface area contributed by atoms with E-state index in [-0.39, 0.29) is 0 Å². The predicted octanol–water partition coefficient (Wildman–Crippen LogP) is 6.46. The van der Waals surface area contributed by atoms with Gasteiger partial charge in [-0.3, -0.25) is 0 Å². The van der Waals surface area contributed by atoms with Gasteiger partial charge in [-0.25, -0.2) is 0 Å². The van der Waals surface area contributed by atoms with Gasteiger partial charge >= 0.3 is 0 Å². The lowest BCUT2D eigenvalue weighted by Crippen LogP contribution is -1.95. The Hall–Kier alpha value is -2.06. The summed E-state index contributed by atoms with van der Waals surface area (Å²) < 4.78 is 7.38. The summed E-state index contributed by atoms with van der Waals surface area (Å²) in [5, 5.41) is 4.92. The molecule has 1 aliphatic rings. The van der Waals surface area contributed by atoms with Crippen molar-refractivity contribution in [2.24, 2.45) is 0 Å². The molecule has 2 heteroatoms. The summed E-state index contributed by atoms with van der Waals surface area (Å²) in [6.45, 7) is 0. The van der Waals surface area contributed by atoms with Crippen LogP contribution < -0.4 is 0 Å². The summed E-state index contributed by atoms with van der Waals surface area (Å²) in [4.78, 5) is 0. The molecule has 0 saturated heterocycles. The van der Waals surface area contributed by atoms with Gasteiger partial charge in [0.15, 0.2) is 0 Å². The van der Waals surface area contributed by atoms with Gasteiger partial charge in [-0.15, -0.1) is 0 Å². The molecule has 0 fully saturated rings. The lowest BCUT2D eigenvalue weighted by Gasteiger charge is -2.13. The van der Waals surface area contributed by atoms with Gasteiger partial charge in [0, 0.05) is 20.6 Å². The fourth-order valence-electron chi connectivity index (χ4n) is 3.60. The summed E-state index contributed by atoms with van der Waals surface area (Å²) >= 11 is 3.70. The quantitative estimate of drug-likeness (QED) is 0.355. The molecule has 106 valence electrons. The summed E-state index contributed by atoms with van der Waals surface area (Å²) in [5.74, 6) is 0. The SMILES string of the molecule is Brc1cc2oc3c4ccccc4ccc3c2c2c1C=CCC2. The van der Waals surface area contributed by atoms with Crippen molar-refractivity contribution < 1.29 is 4.42 Å². The average molecular weight is 349 g/mol. The van der Waals surface area contributed by atoms with Crippen LogP contribution in [0.5, 0.6) is 0 Å². The van der Waals surface area contributed by atoms with Gasteiger partial charge in [0.1, 0.15) is 11.2 Å². The van der Waals surface area contributed by atoms with Gasteiger partial charge in [-0.2, -0.15) is 0 Å². The van der Waals surface area contributed by atoms with Gasteiger partial charge in [0.2, 0.25) is 0 Å². The molecule has 1 aromatic heterocycles. The zero-order chi connectivity index (χ0) is 14.7. The molecule has 0 radical (unpaired) electrons. The summed E-state index contributed by atoms with van der Waals surface area (Å²) in [6.07, 6.45) is 6.64. The van der Waals surface area contributed by atoms with Crippen molar-refractivity contribution in [3.63, 3.8) is 0 Å². The van der Waals surface area contributed by atoms with Crippen molar-refractivity contribution in [2.45, 2.75) is 12.8 Å². The van der Waals surface area contributed by atoms with Gasteiger partial charge in [0.05, 0.1) is 0 Å². The van der Waals surface area contributed by atoms with E-state index in [2.05, 4.69) is 70.5 Å². The number of hydrogen-bond acceptors (Lipinski definition) is 1. The molecule has 3 aromatic carbocycles. The molecule has 22 heavy (non-hydrogen) atoms. The van der Waals surface area contributed by atoms with Crippen LogP contribution >= 0.6 is 15.9 Å². The zero-order valence-corrected chi connectivity index (χ0v) is 13.5. The summed E-state index contributed by atoms with van der Waals surface area (Å²) in [7, 11) is 0. The number of allylic oxidation sites excluding steroid dienone is 1. The fraction of sp³-hybridized carbons (Fsp3) is 0.100. The van der Waals surface area contributed by atoms with Crippen molar-refractivity contribution in [1.29, 1.82) is 0 Å². The highest BCUT2D eigenvalue weighted by Gasteiger charge is 2.18. The van der Waals surface area contributed by atoms with Crippen molar-refractivity contribution in [3.05, 3.63) is 64.1 Å². The number of hydrogen-bond donors (Lipinski definition) is 0. The van der Waals surface area contributed by atoms with Crippen LogP contribution in [0.15, 0.2) is 57.4 Å². The molecular weight excluding hydrogens is 336 g/mol. The Balaban J connectivity index is 2.04. The lowest BCUT2D eigenvalue weighted by atomic mass is 9.92. The van der Waals surface area contributed by atoms with E-state index in [4.69, 9.17) is 4.42 Å². The predicted molar refractivity (Wildman–Crippen MR) is 96.3 cm³/mol. The van der Waals surface area contributed by atoms with Crippen molar-refractivity contribution in [3.8, 4) is 0 Å². The smallest absolute Gasteiger partial charge is 0.143 e. The maximum atomic E-state index is 6.26. The van der Waals surface area contributed by atoms with E-state index >= 15 is 0 Å². The molecule has 0 atom stereocenters. The highest BCUT2D eigenvalue weighted by atomic mass is 79.9. The summed E-state index contributed by atoms with van der Waals surface area (Å²) in [6, 6.07) is 14.9. The Morgan fingerprint density at radius 3 is 2.86 bits per heavy atom. The molecule has 1 aliphatic carbocycles. The first-order chi connectivity index (χ1) is 10.8. The Morgan fingerprint density at radius 1 is 1.00 bits per heavy atom. The fourth-order valence-corrected chi connectivity index (χ4v) is 4.18. The standard InChI is InChI=1S/C20H13BrO/c21-17-11-18-19(15-8-4-3-7-14(15)17)16-10-9-12-5-1-2-6-13(12)20(16)22-18/h1-3,5-7,9-11H,4,8H2. The van der Waals surface area contributed by atoms with Gasteiger partial charge in [0.25, 0.3) is 0 Å². The highest BCUT2D eigenvalue weighted by Crippen LogP contribution is 2.41. The molecule has 1 heterocycles. The normalized spacial score (nSPS) is 14.0. The second-order valence-corrected chi connectivity index (χ2v) is 6.68. The molecule has 0 saturated carbocycles. The van der Waals surface area contributed by atoms with E-state index in [1.807, 2.05) is 0 Å². The Labute approximate surface area is 136 Å². The molecule has 0 N–H and O–H groups in total. The molecule has 4 aromatic rings. The minimum absolute atomic E-state index is 0.979. The van der Waals surface area contributed by atoms with Crippen LogP contribution in [-0.2, 0) is 6.42 Å². The number of fused-ring (bicyclic) bond motifs is 7. The largest absolute Gasteiger partial charge is 0.455 e. The van der Waals surface area contributed by atoms with Crippen LogP contribution in [0, 0.1) is 0 Å². The van der Waals surface area contributed by atoms with Gasteiger partial charge in [-0.1, -0.05) is 58.4 Å². The van der Waals surface area contributed by atoms with Crippen LogP contribution in [-0.4, -0.2) is 0 Å². The zero-order valence-electron chi connectivity index (χ0n) is 11.9. The van der Waals surface area contributed by atoms with Gasteiger partial charge < -0.3 is 4.42 Å². The third kappa shape index (κ3) is 1.59. The highest BCUT2D eigenvalue weighted by molar-refractivity contribution is 9.10. The molecule has 0 amide bonds. The lowest BCUT2D eigenvalue weighted by molar-refractivity contribution is 0.672. The second-order valence-electron chi connectivity index (χ2n) is 5.83. The number of furan rings is 1. The van der Waals surface area contributed by atoms with E-state index < -0.39 is 0 Å². The molecule has 0 spiro atoms. The molecule has 0 bridgehead atoms. The Morgan fingerprint density at radius 2 is 1.91 bits per heavy atom. The van der Waals surface area contributed by atoms with Crippen LogP contribution in [0.4, 0.5) is 0 Å². The van der Waals surface area contributed by atoms with Crippen molar-refractivity contribution in [2.75, 3.05) is 0 Å². The number of aryl methyl sites for hydroxylation is 1. The molecular formula is C20H13BrO. The van der Waals surface area contributed by atoms with E-state index in [0.717, 1.165) is 28.5 Å². The third-order valence-corrected chi connectivity index (χ3v) is 5.25. The van der Waals surface area contributed by atoms with Crippen molar-refractivity contribution in [1.82, 2.24) is 0 Å². The van der Waals surface area contributed by atoms with E-state index in [1.165, 1.54) is 32.7 Å². The van der Waals surface area contributed by atoms with Crippen LogP contribution in [0.25, 0.3) is 38.8 Å². The molecule has 5 rings (SSSR count). The first-order valence-corrected chi connectivity index (χ1v) is 8.34. The third-order valence-electron chi connectivity index (χ3n) is 4.59. The minimum atomic E-state index is 0.979. The van der Waals surface area contributed by atoms with Crippen LogP contribution in [0.3, 0.4) is 0 Å². The maximum Gasteiger partial charge on any atom is 0.143 e. The summed E-state index contributed by atoms with van der Waals surface area (Å²) in [5.41, 5.74) is 4.69. The van der Waals surface area contributed by atoms with E-state index in [9.17, 15) is 0 Å². The van der Waals surface area contributed by atoms with Crippen molar-refractivity contribution >= 4 is 54.7 Å². The first kappa shape index (κ1) is 12.5. The number of benzene rings is 3. The average Bonchev–Trinajstić information content (AvgIpc) is 2.94. The second kappa shape index (κ2) is 4.47. The maximum absolute atomic E-state index is 6.26. The van der Waals surface area contributed by atoms with Crippen LogP contribution in [0.1, 0.15) is 17.5 Å². The topological polar surface area (TPSA) is 13.1 Å². The Bertz CT molecular complexity index is 1090. The monoisotopic (exact) mass is 348 g/mol. The molecule has 1 nitrogen and oxygen atoms in total. The first-order valence-electron chi connectivity index (χ1n) is 7.55. The van der Waals surface area contributed by atoms with Gasteiger partial charge in [-0.05, 0) is 41.5 Å². The van der Waals surface area contributed by atoms with E-state index in [0.29, 0.717) is 0 Å². The minimum Gasteiger partial charge on any atom is -0.455 e. The molecule has 0 aliphatic heterocycles. The number of halogens is 1. The van der Waals surface area contributed by atoms with E-state index in [1.54, 1.807) is 0 Å².